The molecule has 114 valence electrons. The van der Waals surface area contributed by atoms with Gasteiger partial charge >= 0.3 is 5.63 Å². The van der Waals surface area contributed by atoms with E-state index in [1.807, 2.05) is 13.0 Å². The van der Waals surface area contributed by atoms with Crippen molar-refractivity contribution in [2.75, 3.05) is 6.61 Å². The van der Waals surface area contributed by atoms with Crippen LogP contribution in [0.15, 0.2) is 39.8 Å². The molecular weight excluding hydrogens is 288 g/mol. The maximum absolute atomic E-state index is 11.4. The van der Waals surface area contributed by atoms with Crippen LogP contribution in [0, 0.1) is 6.92 Å². The van der Waals surface area contributed by atoms with Crippen LogP contribution in [0.1, 0.15) is 5.56 Å². The first-order chi connectivity index (χ1) is 10.6. The van der Waals surface area contributed by atoms with Crippen molar-refractivity contribution in [3.63, 3.8) is 0 Å². The van der Waals surface area contributed by atoms with E-state index >= 15 is 0 Å². The van der Waals surface area contributed by atoms with Crippen molar-refractivity contribution in [1.29, 1.82) is 0 Å². The second kappa shape index (κ2) is 5.94. The van der Waals surface area contributed by atoms with E-state index < -0.39 is 11.7 Å². The Hall–Kier alpha value is -2.74. The molecule has 0 amide bonds. The lowest BCUT2D eigenvalue weighted by molar-refractivity contribution is 0.0888. The third-order valence-corrected chi connectivity index (χ3v) is 3.15. The van der Waals surface area contributed by atoms with Crippen LogP contribution in [0.4, 0.5) is 0 Å². The highest BCUT2D eigenvalue weighted by Crippen LogP contribution is 2.22. The lowest BCUT2D eigenvalue weighted by Crippen LogP contribution is -2.23. The number of hydrogen-bond donors (Lipinski definition) is 1. The Morgan fingerprint density at radius 3 is 3.05 bits per heavy atom. The zero-order valence-corrected chi connectivity index (χ0v) is 11.8. The van der Waals surface area contributed by atoms with Crippen molar-refractivity contribution in [2.45, 2.75) is 19.6 Å². The molecule has 0 aliphatic heterocycles. The van der Waals surface area contributed by atoms with E-state index in [9.17, 15) is 9.90 Å². The Kier molecular flexibility index (Phi) is 3.84. The molecule has 3 rings (SSSR count). The maximum Gasteiger partial charge on any atom is 0.336 e. The quantitative estimate of drug-likeness (QED) is 0.685. The van der Waals surface area contributed by atoms with Crippen LogP contribution in [0.2, 0.25) is 0 Å². The molecule has 0 saturated carbocycles. The number of aliphatic hydroxyl groups is 1. The molecule has 22 heavy (non-hydrogen) atoms. The van der Waals surface area contributed by atoms with Gasteiger partial charge in [0.2, 0.25) is 0 Å². The van der Waals surface area contributed by atoms with Crippen molar-refractivity contribution in [3.8, 4) is 5.75 Å². The Labute approximate surface area is 124 Å². The number of ether oxygens (including phenoxy) is 1. The molecule has 1 unspecified atom stereocenters. The summed E-state index contributed by atoms with van der Waals surface area (Å²) in [7, 11) is 0. The zero-order chi connectivity index (χ0) is 15.5. The highest BCUT2D eigenvalue weighted by atomic mass is 16.5. The number of aliphatic hydroxyl groups excluding tert-OH is 1. The summed E-state index contributed by atoms with van der Waals surface area (Å²) in [6.45, 7) is 2.14. The molecule has 0 aliphatic carbocycles. The van der Waals surface area contributed by atoms with Crippen molar-refractivity contribution in [3.05, 3.63) is 46.6 Å². The highest BCUT2D eigenvalue weighted by molar-refractivity contribution is 5.81. The Morgan fingerprint density at radius 2 is 2.27 bits per heavy atom. The van der Waals surface area contributed by atoms with Gasteiger partial charge in [-0.15, -0.1) is 5.10 Å². The van der Waals surface area contributed by atoms with Crippen LogP contribution in [-0.4, -0.2) is 38.0 Å². The van der Waals surface area contributed by atoms with Crippen molar-refractivity contribution in [1.82, 2.24) is 20.2 Å². The summed E-state index contributed by atoms with van der Waals surface area (Å²) in [5.74, 6) is 0.511. The standard InChI is InChI=1S/C14H14N4O4/c1-9-4-14(20)22-13-5-11(2-3-12(9)13)21-7-10(19)6-18-8-15-16-17-18/h2-5,8,10,19H,6-7H2,1H3. The number of benzene rings is 1. The molecule has 2 heterocycles. The zero-order valence-electron chi connectivity index (χ0n) is 11.8. The predicted molar refractivity (Wildman–Crippen MR) is 76.5 cm³/mol. The fraction of sp³-hybridized carbons (Fsp3) is 0.286. The Bertz CT molecular complexity index is 828. The van der Waals surface area contributed by atoms with Gasteiger partial charge in [-0.2, -0.15) is 0 Å². The SMILES string of the molecule is Cc1cc(=O)oc2cc(OCC(O)Cn3cnnn3)ccc12. The first-order valence-corrected chi connectivity index (χ1v) is 6.68. The lowest BCUT2D eigenvalue weighted by atomic mass is 10.1. The van der Waals surface area contributed by atoms with E-state index in [2.05, 4.69) is 15.5 Å². The van der Waals surface area contributed by atoms with Gasteiger partial charge < -0.3 is 14.3 Å². The Balaban J connectivity index is 1.70. The van der Waals surface area contributed by atoms with E-state index in [1.165, 1.54) is 17.1 Å². The molecule has 1 atom stereocenters. The molecule has 3 aromatic rings. The minimum absolute atomic E-state index is 0.0708. The summed E-state index contributed by atoms with van der Waals surface area (Å²) in [5.41, 5.74) is 0.898. The number of hydrogen-bond acceptors (Lipinski definition) is 7. The van der Waals surface area contributed by atoms with Crippen LogP contribution in [0.5, 0.6) is 5.75 Å². The molecule has 0 aliphatic rings. The number of aromatic nitrogens is 4. The predicted octanol–water partition coefficient (Wildman–Crippen LogP) is 0.528. The molecule has 2 aromatic heterocycles. The van der Waals surface area contributed by atoms with E-state index in [1.54, 1.807) is 12.1 Å². The van der Waals surface area contributed by atoms with Gasteiger partial charge in [-0.3, -0.25) is 0 Å². The summed E-state index contributed by atoms with van der Waals surface area (Å²) in [5, 5.41) is 21.3. The largest absolute Gasteiger partial charge is 0.491 e. The van der Waals surface area contributed by atoms with Crippen molar-refractivity contribution in [2.24, 2.45) is 0 Å². The van der Waals surface area contributed by atoms with Crippen molar-refractivity contribution >= 4 is 11.0 Å². The van der Waals surface area contributed by atoms with E-state index in [-0.39, 0.29) is 13.2 Å². The van der Waals surface area contributed by atoms with Crippen LogP contribution >= 0.6 is 0 Å². The minimum atomic E-state index is -0.760. The maximum atomic E-state index is 11.4. The number of aryl methyl sites for hydroxylation is 1. The van der Waals surface area contributed by atoms with Gasteiger partial charge in [0.15, 0.2) is 0 Å². The van der Waals surface area contributed by atoms with E-state index in [0.717, 1.165) is 10.9 Å². The number of rotatable bonds is 5. The average Bonchev–Trinajstić information content (AvgIpc) is 2.97. The van der Waals surface area contributed by atoms with Gasteiger partial charge in [-0.05, 0) is 35.0 Å². The summed E-state index contributed by atoms with van der Waals surface area (Å²) < 4.78 is 12.1. The van der Waals surface area contributed by atoms with E-state index in [0.29, 0.717) is 11.3 Å². The van der Waals surface area contributed by atoms with Crippen molar-refractivity contribution < 1.29 is 14.3 Å². The molecule has 1 aromatic carbocycles. The Morgan fingerprint density at radius 1 is 1.41 bits per heavy atom. The smallest absolute Gasteiger partial charge is 0.336 e. The third kappa shape index (κ3) is 3.12. The number of nitrogens with zero attached hydrogens (tertiary/aromatic N) is 4. The molecule has 1 N–H and O–H groups in total. The van der Waals surface area contributed by atoms with Gasteiger partial charge in [0.1, 0.15) is 30.4 Å². The summed E-state index contributed by atoms with van der Waals surface area (Å²) in [6.07, 6.45) is 0.653. The fourth-order valence-electron chi connectivity index (χ4n) is 2.12. The minimum Gasteiger partial charge on any atom is -0.491 e. The molecule has 0 spiro atoms. The first kappa shape index (κ1) is 14.2. The van der Waals surface area contributed by atoms with Crippen LogP contribution < -0.4 is 10.4 Å². The van der Waals surface area contributed by atoms with Gasteiger partial charge in [0.25, 0.3) is 0 Å². The summed E-state index contributed by atoms with van der Waals surface area (Å²) in [6, 6.07) is 6.65. The topological polar surface area (TPSA) is 103 Å². The molecule has 8 nitrogen and oxygen atoms in total. The first-order valence-electron chi connectivity index (χ1n) is 6.68. The monoisotopic (exact) mass is 302 g/mol. The van der Waals surface area contributed by atoms with Gasteiger partial charge in [0.05, 0.1) is 6.54 Å². The molecule has 0 bridgehead atoms. The van der Waals surface area contributed by atoms with E-state index in [4.69, 9.17) is 9.15 Å². The second-order valence-electron chi connectivity index (χ2n) is 4.90. The van der Waals surface area contributed by atoms with Gasteiger partial charge in [-0.25, -0.2) is 9.48 Å². The summed E-state index contributed by atoms with van der Waals surface area (Å²) in [4.78, 5) is 11.4. The lowest BCUT2D eigenvalue weighted by Gasteiger charge is -2.12. The molecular formula is C14H14N4O4. The molecule has 0 radical (unpaired) electrons. The summed E-state index contributed by atoms with van der Waals surface area (Å²) >= 11 is 0. The van der Waals surface area contributed by atoms with Crippen LogP contribution in [0.3, 0.4) is 0 Å². The molecule has 0 saturated heterocycles. The molecule has 8 heteroatoms. The third-order valence-electron chi connectivity index (χ3n) is 3.15. The molecule has 0 fully saturated rings. The average molecular weight is 302 g/mol. The van der Waals surface area contributed by atoms with Gasteiger partial charge in [-0.1, -0.05) is 0 Å². The van der Waals surface area contributed by atoms with Crippen LogP contribution in [-0.2, 0) is 6.54 Å². The van der Waals surface area contributed by atoms with Crippen LogP contribution in [0.25, 0.3) is 11.0 Å². The normalized spacial score (nSPS) is 12.5. The van der Waals surface area contributed by atoms with Gasteiger partial charge in [0, 0.05) is 17.5 Å². The fourth-order valence-corrected chi connectivity index (χ4v) is 2.12. The number of fused-ring (bicyclic) bond motifs is 1. The number of tetrazole rings is 1. The highest BCUT2D eigenvalue weighted by Gasteiger charge is 2.09. The second-order valence-corrected chi connectivity index (χ2v) is 4.90.